The van der Waals surface area contributed by atoms with Gasteiger partial charge in [-0.15, -0.1) is 0 Å². The summed E-state index contributed by atoms with van der Waals surface area (Å²) in [5, 5.41) is 8.67. The zero-order valence-electron chi connectivity index (χ0n) is 19.6. The Morgan fingerprint density at radius 2 is 1.73 bits per heavy atom. The predicted octanol–water partition coefficient (Wildman–Crippen LogP) is 3.63. The molecule has 4 rings (SSSR count). The van der Waals surface area contributed by atoms with Crippen molar-refractivity contribution < 1.29 is 9.53 Å². The lowest BCUT2D eigenvalue weighted by Crippen LogP contribution is -2.38. The van der Waals surface area contributed by atoms with E-state index in [1.54, 1.807) is 19.2 Å². The Kier molecular flexibility index (Phi) is 7.08. The fourth-order valence-corrected chi connectivity index (χ4v) is 4.58. The van der Waals surface area contributed by atoms with Crippen LogP contribution in [0.3, 0.4) is 0 Å². The molecule has 2 heterocycles. The second-order valence-corrected chi connectivity index (χ2v) is 8.99. The fourth-order valence-electron chi connectivity index (χ4n) is 4.58. The van der Waals surface area contributed by atoms with E-state index in [0.717, 1.165) is 37.2 Å². The number of hydrogen-bond donors (Lipinski definition) is 1. The lowest BCUT2D eigenvalue weighted by molar-refractivity contribution is 0.0931. The lowest BCUT2D eigenvalue weighted by atomic mass is 10.0. The van der Waals surface area contributed by atoms with E-state index in [0.29, 0.717) is 23.9 Å². The molecular weight excluding hydrogens is 416 g/mol. The minimum Gasteiger partial charge on any atom is -0.496 e. The minimum absolute atomic E-state index is 0.000401. The van der Waals surface area contributed by atoms with E-state index in [2.05, 4.69) is 21.4 Å². The summed E-state index contributed by atoms with van der Waals surface area (Å²) < 4.78 is 7.03. The molecule has 1 amide bonds. The summed E-state index contributed by atoms with van der Waals surface area (Å²) in [6, 6.07) is 15.2. The van der Waals surface area contributed by atoms with Crippen LogP contribution in [0, 0.1) is 5.92 Å². The van der Waals surface area contributed by atoms with Gasteiger partial charge in [0.05, 0.1) is 18.5 Å². The minimum atomic E-state index is -0.275. The zero-order chi connectivity index (χ0) is 23.4. The maximum Gasteiger partial charge on any atom is 0.274 e. The number of nitrogens with zero attached hydrogens (tertiary/aromatic N) is 3. The van der Waals surface area contributed by atoms with Gasteiger partial charge in [0.25, 0.3) is 11.5 Å². The number of nitrogens with one attached hydrogen (secondary N) is 1. The van der Waals surface area contributed by atoms with Crippen molar-refractivity contribution in [3.05, 3.63) is 70.1 Å². The van der Waals surface area contributed by atoms with E-state index < -0.39 is 0 Å². The van der Waals surface area contributed by atoms with Crippen molar-refractivity contribution in [2.45, 2.75) is 39.3 Å². The standard InChI is InChI=1S/C26H32N4O3/c1-18(2)17-30-26(32)20-11-5-4-10-19(20)24(28-30)25(31)27-16-22(29-14-8-9-15-29)21-12-6-7-13-23(21)33-3/h4-7,10-13,18,22H,8-9,14-17H2,1-3H3,(H,27,31). The third-order valence-electron chi connectivity index (χ3n) is 6.16. The third kappa shape index (κ3) is 4.93. The molecule has 1 atom stereocenters. The van der Waals surface area contributed by atoms with Crippen LogP contribution in [-0.2, 0) is 6.54 Å². The first-order valence-corrected chi connectivity index (χ1v) is 11.6. The first-order valence-electron chi connectivity index (χ1n) is 11.6. The normalized spacial score (nSPS) is 15.2. The van der Waals surface area contributed by atoms with Crippen molar-refractivity contribution in [2.75, 3.05) is 26.7 Å². The first-order chi connectivity index (χ1) is 16.0. The summed E-state index contributed by atoms with van der Waals surface area (Å²) >= 11 is 0. The van der Waals surface area contributed by atoms with Gasteiger partial charge in [0.2, 0.25) is 0 Å². The predicted molar refractivity (Wildman–Crippen MR) is 130 cm³/mol. The molecule has 33 heavy (non-hydrogen) atoms. The molecule has 0 radical (unpaired) electrons. The first kappa shape index (κ1) is 23.0. The Bertz CT molecular complexity index is 1180. The number of likely N-dealkylation sites (tertiary alicyclic amines) is 1. The summed E-state index contributed by atoms with van der Waals surface area (Å²) in [5.74, 6) is 0.776. The van der Waals surface area contributed by atoms with E-state index in [-0.39, 0.29) is 29.1 Å². The van der Waals surface area contributed by atoms with Gasteiger partial charge in [0.15, 0.2) is 5.69 Å². The second-order valence-electron chi connectivity index (χ2n) is 8.99. The molecule has 0 saturated carbocycles. The van der Waals surface area contributed by atoms with Crippen molar-refractivity contribution >= 4 is 16.7 Å². The summed E-state index contributed by atoms with van der Waals surface area (Å²) in [6.07, 6.45) is 2.29. The lowest BCUT2D eigenvalue weighted by Gasteiger charge is -2.29. The Balaban J connectivity index is 1.65. The van der Waals surface area contributed by atoms with E-state index in [4.69, 9.17) is 4.74 Å². The molecule has 7 heteroatoms. The van der Waals surface area contributed by atoms with E-state index in [1.807, 2.05) is 44.2 Å². The van der Waals surface area contributed by atoms with Crippen molar-refractivity contribution in [1.29, 1.82) is 0 Å². The summed E-state index contributed by atoms with van der Waals surface area (Å²) in [6.45, 7) is 6.91. The number of carbonyl (C=O) groups is 1. The number of carbonyl (C=O) groups excluding carboxylic acids is 1. The van der Waals surface area contributed by atoms with Gasteiger partial charge in [-0.2, -0.15) is 5.10 Å². The average molecular weight is 449 g/mol. The summed E-state index contributed by atoms with van der Waals surface area (Å²) in [7, 11) is 1.67. The average Bonchev–Trinajstić information content (AvgIpc) is 3.35. The molecular formula is C26H32N4O3. The van der Waals surface area contributed by atoms with Gasteiger partial charge in [-0.05, 0) is 44.0 Å². The van der Waals surface area contributed by atoms with Crippen LogP contribution < -0.4 is 15.6 Å². The molecule has 7 nitrogen and oxygen atoms in total. The Morgan fingerprint density at radius 3 is 2.42 bits per heavy atom. The van der Waals surface area contributed by atoms with Gasteiger partial charge in [-0.25, -0.2) is 4.68 Å². The number of ether oxygens (including phenoxy) is 1. The van der Waals surface area contributed by atoms with Gasteiger partial charge in [0, 0.05) is 24.0 Å². The van der Waals surface area contributed by atoms with Gasteiger partial charge in [0.1, 0.15) is 5.75 Å². The number of benzene rings is 2. The van der Waals surface area contributed by atoms with Gasteiger partial charge in [-0.1, -0.05) is 50.2 Å². The van der Waals surface area contributed by atoms with Gasteiger partial charge in [-0.3, -0.25) is 14.5 Å². The number of fused-ring (bicyclic) bond motifs is 1. The monoisotopic (exact) mass is 448 g/mol. The highest BCUT2D eigenvalue weighted by atomic mass is 16.5. The maximum absolute atomic E-state index is 13.4. The molecule has 1 aliphatic rings. The number of hydrogen-bond acceptors (Lipinski definition) is 5. The summed E-state index contributed by atoms with van der Waals surface area (Å²) in [5.41, 5.74) is 1.18. The molecule has 174 valence electrons. The molecule has 1 N–H and O–H groups in total. The molecule has 1 unspecified atom stereocenters. The molecule has 0 aliphatic carbocycles. The van der Waals surface area contributed by atoms with Crippen molar-refractivity contribution in [2.24, 2.45) is 5.92 Å². The van der Waals surface area contributed by atoms with Crippen LogP contribution in [0.4, 0.5) is 0 Å². The largest absolute Gasteiger partial charge is 0.496 e. The van der Waals surface area contributed by atoms with Crippen molar-refractivity contribution in [3.63, 3.8) is 0 Å². The number of methoxy groups -OCH3 is 1. The molecule has 3 aromatic rings. The number of para-hydroxylation sites is 1. The number of rotatable bonds is 8. The van der Waals surface area contributed by atoms with Crippen molar-refractivity contribution in [1.82, 2.24) is 20.0 Å². The Morgan fingerprint density at radius 1 is 1.06 bits per heavy atom. The van der Waals surface area contributed by atoms with Crippen LogP contribution in [0.1, 0.15) is 48.8 Å². The molecule has 0 spiro atoms. The quantitative estimate of drug-likeness (QED) is 0.570. The zero-order valence-corrected chi connectivity index (χ0v) is 19.6. The van der Waals surface area contributed by atoms with E-state index in [1.165, 1.54) is 4.68 Å². The fraction of sp³-hybridized carbons (Fsp3) is 0.423. The topological polar surface area (TPSA) is 76.5 Å². The maximum atomic E-state index is 13.4. The molecule has 0 bridgehead atoms. The number of aromatic nitrogens is 2. The van der Waals surface area contributed by atoms with Crippen LogP contribution in [0.5, 0.6) is 5.75 Å². The molecule has 2 aromatic carbocycles. The SMILES string of the molecule is COc1ccccc1C(CNC(=O)c1nn(CC(C)C)c(=O)c2ccccc12)N1CCCC1. The second kappa shape index (κ2) is 10.2. The van der Waals surface area contributed by atoms with Crippen LogP contribution in [0.15, 0.2) is 53.3 Å². The van der Waals surface area contributed by atoms with E-state index in [9.17, 15) is 9.59 Å². The smallest absolute Gasteiger partial charge is 0.274 e. The molecule has 1 aromatic heterocycles. The number of amides is 1. The van der Waals surface area contributed by atoms with E-state index >= 15 is 0 Å². The molecule has 1 fully saturated rings. The van der Waals surface area contributed by atoms with Crippen molar-refractivity contribution in [3.8, 4) is 5.75 Å². The van der Waals surface area contributed by atoms with Crippen LogP contribution in [0.25, 0.3) is 10.8 Å². The highest BCUT2D eigenvalue weighted by molar-refractivity contribution is 6.04. The molecule has 1 aliphatic heterocycles. The van der Waals surface area contributed by atoms with Crippen LogP contribution in [-0.4, -0.2) is 47.3 Å². The van der Waals surface area contributed by atoms with Gasteiger partial charge < -0.3 is 10.1 Å². The molecule has 1 saturated heterocycles. The highest BCUT2D eigenvalue weighted by Crippen LogP contribution is 2.31. The third-order valence-corrected chi connectivity index (χ3v) is 6.16. The van der Waals surface area contributed by atoms with Gasteiger partial charge >= 0.3 is 0 Å². The Hall–Kier alpha value is -3.19. The highest BCUT2D eigenvalue weighted by Gasteiger charge is 2.27. The van der Waals surface area contributed by atoms with Crippen LogP contribution in [0.2, 0.25) is 0 Å². The summed E-state index contributed by atoms with van der Waals surface area (Å²) in [4.78, 5) is 28.6. The van der Waals surface area contributed by atoms with Crippen LogP contribution >= 0.6 is 0 Å². The Labute approximate surface area is 194 Å².